The van der Waals surface area contributed by atoms with Crippen LogP contribution in [0.25, 0.3) is 0 Å². The first-order valence-corrected chi connectivity index (χ1v) is 8.30. The predicted octanol–water partition coefficient (Wildman–Crippen LogP) is 2.64. The van der Waals surface area contributed by atoms with Crippen LogP contribution in [0.5, 0.6) is 5.75 Å². The van der Waals surface area contributed by atoms with Crippen LogP contribution in [0.2, 0.25) is 0 Å². The zero-order valence-electron chi connectivity index (χ0n) is 15.4. The number of amides is 1. The number of aryl methyl sites for hydroxylation is 1. The van der Waals surface area contributed by atoms with Crippen LogP contribution < -0.4 is 4.74 Å². The predicted molar refractivity (Wildman–Crippen MR) is 96.2 cm³/mol. The van der Waals surface area contributed by atoms with Gasteiger partial charge >= 0.3 is 5.97 Å². The topological polar surface area (TPSA) is 92.6 Å². The lowest BCUT2D eigenvalue weighted by Gasteiger charge is -2.20. The number of hydrogen-bond donors (Lipinski definition) is 1. The molecule has 0 saturated heterocycles. The number of carboxylic acid groups (broad SMARTS) is 1. The Bertz CT molecular complexity index is 788. The lowest BCUT2D eigenvalue weighted by Crippen LogP contribution is -2.28. The van der Waals surface area contributed by atoms with Gasteiger partial charge in [0.1, 0.15) is 11.6 Å². The van der Waals surface area contributed by atoms with E-state index in [-0.39, 0.29) is 18.4 Å². The van der Waals surface area contributed by atoms with Gasteiger partial charge in [-0.05, 0) is 30.5 Å². The summed E-state index contributed by atoms with van der Waals surface area (Å²) >= 11 is 0. The summed E-state index contributed by atoms with van der Waals surface area (Å²) in [5.74, 6) is 0.0688. The second kappa shape index (κ2) is 8.42. The molecule has 7 heteroatoms. The number of benzene rings is 1. The highest BCUT2D eigenvalue weighted by Gasteiger charge is 2.20. The number of carbonyl (C=O) groups is 2. The number of aliphatic carboxylic acids is 1. The fourth-order valence-corrected chi connectivity index (χ4v) is 2.48. The number of carboxylic acids is 1. The quantitative estimate of drug-likeness (QED) is 0.819. The van der Waals surface area contributed by atoms with Gasteiger partial charge in [0.2, 0.25) is 0 Å². The summed E-state index contributed by atoms with van der Waals surface area (Å²) in [5.41, 5.74) is 2.16. The van der Waals surface area contributed by atoms with E-state index in [0.29, 0.717) is 23.7 Å². The van der Waals surface area contributed by atoms with Crippen molar-refractivity contribution in [2.45, 2.75) is 33.2 Å². The summed E-state index contributed by atoms with van der Waals surface area (Å²) in [5, 5.41) is 8.62. The van der Waals surface area contributed by atoms with Crippen molar-refractivity contribution in [3.63, 3.8) is 0 Å². The number of aromatic nitrogens is 2. The second-order valence-corrected chi connectivity index (χ2v) is 6.36. The molecule has 0 saturated carbocycles. The van der Waals surface area contributed by atoms with Crippen LogP contribution in [0.1, 0.15) is 47.2 Å². The third-order valence-electron chi connectivity index (χ3n) is 3.77. The van der Waals surface area contributed by atoms with Crippen LogP contribution in [0.15, 0.2) is 30.5 Å². The molecule has 7 nitrogen and oxygen atoms in total. The lowest BCUT2D eigenvalue weighted by molar-refractivity contribution is -0.139. The SMILES string of the molecule is Cc1ncc(C(=O)N(C)Cc2ccc(OCC(=O)O)cc2)c(C(C)C)n1. The maximum Gasteiger partial charge on any atom is 0.341 e. The van der Waals surface area contributed by atoms with Gasteiger partial charge < -0.3 is 14.7 Å². The van der Waals surface area contributed by atoms with Crippen LogP contribution in [0.4, 0.5) is 0 Å². The van der Waals surface area contributed by atoms with E-state index in [1.54, 1.807) is 49.3 Å². The molecule has 0 atom stereocenters. The number of nitrogens with zero attached hydrogens (tertiary/aromatic N) is 3. The molecule has 0 aliphatic rings. The Balaban J connectivity index is 2.09. The molecule has 0 bridgehead atoms. The van der Waals surface area contributed by atoms with Crippen molar-refractivity contribution < 1.29 is 19.4 Å². The number of hydrogen-bond acceptors (Lipinski definition) is 5. The molecule has 1 amide bonds. The first kappa shape index (κ1) is 19.4. The molecule has 0 spiro atoms. The molecule has 1 aromatic carbocycles. The number of carbonyl (C=O) groups excluding carboxylic acids is 1. The second-order valence-electron chi connectivity index (χ2n) is 6.36. The molecule has 138 valence electrons. The summed E-state index contributed by atoms with van der Waals surface area (Å²) in [6.07, 6.45) is 1.58. The normalized spacial score (nSPS) is 10.7. The molecule has 0 unspecified atom stereocenters. The first-order valence-electron chi connectivity index (χ1n) is 8.30. The Hall–Kier alpha value is -2.96. The summed E-state index contributed by atoms with van der Waals surface area (Å²) in [4.78, 5) is 33.5. The van der Waals surface area contributed by atoms with Gasteiger partial charge in [0.15, 0.2) is 6.61 Å². The molecular formula is C19H23N3O4. The molecule has 1 N–H and O–H groups in total. The van der Waals surface area contributed by atoms with E-state index < -0.39 is 5.97 Å². The molecule has 1 heterocycles. The van der Waals surface area contributed by atoms with Crippen molar-refractivity contribution in [1.82, 2.24) is 14.9 Å². The van der Waals surface area contributed by atoms with Gasteiger partial charge in [0.25, 0.3) is 5.91 Å². The molecule has 1 aromatic heterocycles. The molecule has 0 radical (unpaired) electrons. The maximum atomic E-state index is 12.8. The Morgan fingerprint density at radius 1 is 1.23 bits per heavy atom. The van der Waals surface area contributed by atoms with Gasteiger partial charge in [-0.15, -0.1) is 0 Å². The summed E-state index contributed by atoms with van der Waals surface area (Å²) < 4.78 is 5.10. The van der Waals surface area contributed by atoms with Crippen molar-refractivity contribution in [3.8, 4) is 5.75 Å². The van der Waals surface area contributed by atoms with E-state index in [4.69, 9.17) is 9.84 Å². The van der Waals surface area contributed by atoms with Gasteiger partial charge in [-0.2, -0.15) is 0 Å². The van der Waals surface area contributed by atoms with Crippen molar-refractivity contribution >= 4 is 11.9 Å². The van der Waals surface area contributed by atoms with Gasteiger partial charge in [-0.25, -0.2) is 14.8 Å². The minimum absolute atomic E-state index is 0.120. The van der Waals surface area contributed by atoms with Gasteiger partial charge in [0.05, 0.1) is 11.3 Å². The molecule has 0 fully saturated rings. The monoisotopic (exact) mass is 357 g/mol. The van der Waals surface area contributed by atoms with Crippen LogP contribution in [0.3, 0.4) is 0 Å². The number of ether oxygens (including phenoxy) is 1. The average molecular weight is 357 g/mol. The van der Waals surface area contributed by atoms with Gasteiger partial charge in [0, 0.05) is 19.8 Å². The van der Waals surface area contributed by atoms with E-state index in [1.165, 1.54) is 0 Å². The third-order valence-corrected chi connectivity index (χ3v) is 3.77. The molecule has 2 rings (SSSR count). The van der Waals surface area contributed by atoms with E-state index in [1.807, 2.05) is 13.8 Å². The van der Waals surface area contributed by atoms with E-state index >= 15 is 0 Å². The smallest absolute Gasteiger partial charge is 0.341 e. The minimum Gasteiger partial charge on any atom is -0.482 e. The molecular weight excluding hydrogens is 334 g/mol. The zero-order valence-corrected chi connectivity index (χ0v) is 15.4. The Morgan fingerprint density at radius 3 is 2.46 bits per heavy atom. The highest BCUT2D eigenvalue weighted by molar-refractivity contribution is 5.95. The molecule has 0 aliphatic heterocycles. The summed E-state index contributed by atoms with van der Waals surface area (Å²) in [7, 11) is 1.72. The molecule has 0 aliphatic carbocycles. The fourth-order valence-electron chi connectivity index (χ4n) is 2.48. The zero-order chi connectivity index (χ0) is 19.3. The summed E-state index contributed by atoms with van der Waals surface area (Å²) in [6, 6.07) is 6.97. The van der Waals surface area contributed by atoms with Crippen LogP contribution in [-0.4, -0.2) is 45.5 Å². The first-order chi connectivity index (χ1) is 12.3. The van der Waals surface area contributed by atoms with E-state index in [2.05, 4.69) is 9.97 Å². The van der Waals surface area contributed by atoms with Crippen molar-refractivity contribution in [3.05, 3.63) is 53.1 Å². The Kier molecular flexibility index (Phi) is 6.27. The standard InChI is InChI=1S/C19H23N3O4/c1-12(2)18-16(9-20-13(3)21-18)19(25)22(4)10-14-5-7-15(8-6-14)26-11-17(23)24/h5-9,12H,10-11H2,1-4H3,(H,23,24). The van der Waals surface area contributed by atoms with Crippen molar-refractivity contribution in [2.24, 2.45) is 0 Å². The maximum absolute atomic E-state index is 12.8. The van der Waals surface area contributed by atoms with Crippen LogP contribution in [-0.2, 0) is 11.3 Å². The lowest BCUT2D eigenvalue weighted by atomic mass is 10.0. The van der Waals surface area contributed by atoms with Gasteiger partial charge in [-0.3, -0.25) is 4.79 Å². The summed E-state index contributed by atoms with van der Waals surface area (Å²) in [6.45, 7) is 5.81. The Labute approximate surface area is 152 Å². The highest BCUT2D eigenvalue weighted by atomic mass is 16.5. The Morgan fingerprint density at radius 2 is 1.88 bits per heavy atom. The van der Waals surface area contributed by atoms with Crippen molar-refractivity contribution in [2.75, 3.05) is 13.7 Å². The van der Waals surface area contributed by atoms with Crippen LogP contribution >= 0.6 is 0 Å². The largest absolute Gasteiger partial charge is 0.482 e. The third kappa shape index (κ3) is 5.02. The van der Waals surface area contributed by atoms with E-state index in [9.17, 15) is 9.59 Å². The molecule has 2 aromatic rings. The van der Waals surface area contributed by atoms with Crippen molar-refractivity contribution in [1.29, 1.82) is 0 Å². The van der Waals surface area contributed by atoms with Crippen LogP contribution in [0, 0.1) is 6.92 Å². The average Bonchev–Trinajstić information content (AvgIpc) is 2.60. The highest BCUT2D eigenvalue weighted by Crippen LogP contribution is 2.19. The minimum atomic E-state index is -1.03. The molecule has 26 heavy (non-hydrogen) atoms. The van der Waals surface area contributed by atoms with E-state index in [0.717, 1.165) is 11.3 Å². The fraction of sp³-hybridized carbons (Fsp3) is 0.368. The number of rotatable bonds is 7. The van der Waals surface area contributed by atoms with Gasteiger partial charge in [-0.1, -0.05) is 26.0 Å².